The Hall–Kier alpha value is -2.58. The first-order chi connectivity index (χ1) is 17.4. The number of carboxylic acid groups (broad SMARTS) is 1. The molecule has 0 spiro atoms. The zero-order valence-electron chi connectivity index (χ0n) is 22.2. The molecule has 0 bridgehead atoms. The number of aliphatic imine (C=N–C) groups is 1. The first-order valence-electron chi connectivity index (χ1n) is 12.6. The summed E-state index contributed by atoms with van der Waals surface area (Å²) in [6.45, 7) is 4.51. The van der Waals surface area contributed by atoms with Gasteiger partial charge in [-0.05, 0) is 69.4 Å². The number of hydrogen-bond acceptors (Lipinski definition) is 8. The van der Waals surface area contributed by atoms with E-state index in [0.29, 0.717) is 44.4 Å². The Morgan fingerprint density at radius 2 is 1.41 bits per heavy atom. The summed E-state index contributed by atoms with van der Waals surface area (Å²) in [5.74, 6) is -2.16. The van der Waals surface area contributed by atoms with E-state index in [1.54, 1.807) is 0 Å². The van der Waals surface area contributed by atoms with Gasteiger partial charge in [0.1, 0.15) is 18.1 Å². The molecule has 13 nitrogen and oxygen atoms in total. The molecule has 0 aliphatic carbocycles. The Kier molecular flexibility index (Phi) is 18.2. The van der Waals surface area contributed by atoms with Crippen molar-refractivity contribution >= 4 is 41.4 Å². The van der Waals surface area contributed by atoms with Gasteiger partial charge in [0.2, 0.25) is 17.7 Å². The number of nitrogens with one attached hydrogen (secondary N) is 3. The average molecular weight is 547 g/mol. The number of aliphatic carboxylic acids is 1. The van der Waals surface area contributed by atoms with Crippen molar-refractivity contribution in [1.82, 2.24) is 16.0 Å². The zero-order valence-corrected chi connectivity index (χ0v) is 23.0. The van der Waals surface area contributed by atoms with Crippen LogP contribution in [0.2, 0.25) is 0 Å². The number of nitrogens with two attached hydrogens (primary N) is 4. The third-order valence-electron chi connectivity index (χ3n) is 5.45. The number of amides is 3. The van der Waals surface area contributed by atoms with Crippen molar-refractivity contribution in [3.05, 3.63) is 0 Å². The molecule has 0 aliphatic rings. The Morgan fingerprint density at radius 3 is 1.92 bits per heavy atom. The maximum atomic E-state index is 13.2. The fraction of sp³-hybridized carbons (Fsp3) is 0.783. The summed E-state index contributed by atoms with van der Waals surface area (Å²) in [4.78, 5) is 54.3. The van der Waals surface area contributed by atoms with Crippen LogP contribution in [0, 0.1) is 5.92 Å². The largest absolute Gasteiger partial charge is 0.480 e. The lowest BCUT2D eigenvalue weighted by molar-refractivity contribution is -0.142. The molecule has 12 N–H and O–H groups in total. The highest BCUT2D eigenvalue weighted by molar-refractivity contribution is 7.98. The molecule has 0 fully saturated rings. The van der Waals surface area contributed by atoms with Crippen LogP contribution in [0.25, 0.3) is 0 Å². The van der Waals surface area contributed by atoms with E-state index in [-0.39, 0.29) is 31.3 Å². The average Bonchev–Trinajstić information content (AvgIpc) is 2.81. The van der Waals surface area contributed by atoms with Gasteiger partial charge in [0.15, 0.2) is 5.96 Å². The summed E-state index contributed by atoms with van der Waals surface area (Å²) < 4.78 is 0. The summed E-state index contributed by atoms with van der Waals surface area (Å²) in [6, 6.07) is -3.87. The second kappa shape index (κ2) is 19.5. The standard InChI is InChI=1S/C23H46N8O5S/c1-14(2)13-15(25)19(32)29-17(9-12-37-3)21(34)30-16(8-6-11-28-23(26)27)20(33)31-18(22(35)36)7-4-5-10-24/h14-18H,4-13,24-25H2,1-3H3,(H,29,32)(H,30,34)(H,31,33)(H,35,36)(H4,26,27,28)/t15-,16-,17-,18-/m0/s1. The second-order valence-electron chi connectivity index (χ2n) is 9.27. The van der Waals surface area contributed by atoms with Crippen LogP contribution in [0.15, 0.2) is 4.99 Å². The van der Waals surface area contributed by atoms with E-state index in [4.69, 9.17) is 22.9 Å². The summed E-state index contributed by atoms with van der Waals surface area (Å²) in [5.41, 5.74) is 22.1. The lowest BCUT2D eigenvalue weighted by atomic mass is 10.0. The Labute approximate surface area is 223 Å². The molecule has 3 amide bonds. The second-order valence-corrected chi connectivity index (χ2v) is 10.3. The van der Waals surface area contributed by atoms with Crippen molar-refractivity contribution < 1.29 is 24.3 Å². The quantitative estimate of drug-likeness (QED) is 0.0517. The molecule has 0 radical (unpaired) electrons. The minimum Gasteiger partial charge on any atom is -0.480 e. The van der Waals surface area contributed by atoms with Crippen molar-refractivity contribution in [2.45, 2.75) is 83.0 Å². The van der Waals surface area contributed by atoms with Gasteiger partial charge < -0.3 is 44.0 Å². The van der Waals surface area contributed by atoms with E-state index < -0.39 is 47.9 Å². The van der Waals surface area contributed by atoms with Crippen molar-refractivity contribution in [3.63, 3.8) is 0 Å². The predicted molar refractivity (Wildman–Crippen MR) is 147 cm³/mol. The van der Waals surface area contributed by atoms with Crippen LogP contribution in [0.3, 0.4) is 0 Å². The third kappa shape index (κ3) is 16.0. The van der Waals surface area contributed by atoms with Crippen LogP contribution in [0.4, 0.5) is 0 Å². The molecule has 0 rings (SSSR count). The summed E-state index contributed by atoms with van der Waals surface area (Å²) in [5, 5.41) is 17.4. The number of guanidine groups is 1. The monoisotopic (exact) mass is 546 g/mol. The lowest BCUT2D eigenvalue weighted by Gasteiger charge is -2.25. The molecule has 0 aromatic carbocycles. The van der Waals surface area contributed by atoms with Gasteiger partial charge in [-0.25, -0.2) is 4.79 Å². The van der Waals surface area contributed by atoms with Gasteiger partial charge >= 0.3 is 5.97 Å². The van der Waals surface area contributed by atoms with E-state index in [1.807, 2.05) is 20.1 Å². The van der Waals surface area contributed by atoms with Crippen LogP contribution in [-0.4, -0.2) is 84.0 Å². The van der Waals surface area contributed by atoms with E-state index in [9.17, 15) is 24.3 Å². The maximum Gasteiger partial charge on any atom is 0.326 e. The highest BCUT2D eigenvalue weighted by atomic mass is 32.2. The summed E-state index contributed by atoms with van der Waals surface area (Å²) >= 11 is 1.50. The van der Waals surface area contributed by atoms with Crippen molar-refractivity contribution in [3.8, 4) is 0 Å². The SMILES string of the molecule is CSCC[C@H](NC(=O)[C@@H](N)CC(C)C)C(=O)N[C@@H](CCCN=C(N)N)C(=O)N[C@@H](CCCCN)C(=O)O. The number of nitrogens with zero attached hydrogens (tertiary/aromatic N) is 1. The molecule has 0 aromatic rings. The molecule has 37 heavy (non-hydrogen) atoms. The topological polar surface area (TPSA) is 241 Å². The number of carbonyl (C=O) groups excluding carboxylic acids is 3. The van der Waals surface area contributed by atoms with Crippen LogP contribution in [0.1, 0.15) is 58.8 Å². The Balaban J connectivity index is 5.57. The van der Waals surface area contributed by atoms with Gasteiger partial charge in [-0.15, -0.1) is 0 Å². The number of thioether (sulfide) groups is 1. The molecule has 14 heteroatoms. The normalized spacial score (nSPS) is 14.2. The third-order valence-corrected chi connectivity index (χ3v) is 6.09. The lowest BCUT2D eigenvalue weighted by Crippen LogP contribution is -2.57. The van der Waals surface area contributed by atoms with Crippen LogP contribution >= 0.6 is 11.8 Å². The van der Waals surface area contributed by atoms with Crippen molar-refractivity contribution in [2.75, 3.05) is 25.1 Å². The molecule has 4 atom stereocenters. The predicted octanol–water partition coefficient (Wildman–Crippen LogP) is -1.17. The number of unbranched alkanes of at least 4 members (excludes halogenated alkanes) is 1. The molecule has 0 unspecified atom stereocenters. The molecule has 0 saturated heterocycles. The van der Waals surface area contributed by atoms with Crippen LogP contribution in [-0.2, 0) is 19.2 Å². The maximum absolute atomic E-state index is 13.2. The number of hydrogen-bond donors (Lipinski definition) is 8. The van der Waals surface area contributed by atoms with Crippen molar-refractivity contribution in [2.24, 2.45) is 33.8 Å². The van der Waals surface area contributed by atoms with E-state index >= 15 is 0 Å². The van der Waals surface area contributed by atoms with Gasteiger partial charge in [-0.2, -0.15) is 11.8 Å². The molecule has 0 heterocycles. The Bertz CT molecular complexity index is 749. The van der Waals surface area contributed by atoms with Gasteiger partial charge in [0.05, 0.1) is 6.04 Å². The minimum atomic E-state index is -1.18. The number of rotatable bonds is 20. The number of carbonyl (C=O) groups is 4. The van der Waals surface area contributed by atoms with Crippen LogP contribution < -0.4 is 38.9 Å². The fourth-order valence-corrected chi connectivity index (χ4v) is 3.94. The molecular weight excluding hydrogens is 500 g/mol. The number of carboxylic acids is 1. The van der Waals surface area contributed by atoms with E-state index in [1.165, 1.54) is 11.8 Å². The zero-order chi connectivity index (χ0) is 28.4. The van der Waals surface area contributed by atoms with E-state index in [2.05, 4.69) is 20.9 Å². The Morgan fingerprint density at radius 1 is 0.865 bits per heavy atom. The first kappa shape index (κ1) is 34.4. The molecule has 0 aromatic heterocycles. The van der Waals surface area contributed by atoms with Gasteiger partial charge in [0.25, 0.3) is 0 Å². The molecule has 0 saturated carbocycles. The minimum absolute atomic E-state index is 0.103. The smallest absolute Gasteiger partial charge is 0.326 e. The van der Waals surface area contributed by atoms with Gasteiger partial charge in [-0.3, -0.25) is 19.4 Å². The fourth-order valence-electron chi connectivity index (χ4n) is 3.47. The molecule has 214 valence electrons. The van der Waals surface area contributed by atoms with E-state index in [0.717, 1.165) is 0 Å². The highest BCUT2D eigenvalue weighted by Gasteiger charge is 2.30. The van der Waals surface area contributed by atoms with Crippen molar-refractivity contribution in [1.29, 1.82) is 0 Å². The highest BCUT2D eigenvalue weighted by Crippen LogP contribution is 2.08. The first-order valence-corrected chi connectivity index (χ1v) is 14.0. The molecular formula is C23H46N8O5S. The van der Waals surface area contributed by atoms with Gasteiger partial charge in [-0.1, -0.05) is 13.8 Å². The van der Waals surface area contributed by atoms with Gasteiger partial charge in [0, 0.05) is 6.54 Å². The summed E-state index contributed by atoms with van der Waals surface area (Å²) in [6.07, 6.45) is 4.50. The molecule has 0 aliphatic heterocycles. The summed E-state index contributed by atoms with van der Waals surface area (Å²) in [7, 11) is 0. The van der Waals surface area contributed by atoms with Crippen LogP contribution in [0.5, 0.6) is 0 Å².